The SMILES string of the molecule is COCC(=O)OOc1nn(-c2nccc(C)c2SC)c(-c2ccc(F)nc2)c1I. The van der Waals surface area contributed by atoms with E-state index in [2.05, 4.69) is 15.1 Å². The summed E-state index contributed by atoms with van der Waals surface area (Å²) in [7, 11) is 1.37. The Morgan fingerprint density at radius 1 is 1.31 bits per heavy atom. The topological polar surface area (TPSA) is 88.4 Å². The third-order valence-electron chi connectivity index (χ3n) is 3.76. The number of carbonyl (C=O) groups is 1. The minimum absolute atomic E-state index is 0.0599. The molecule has 0 amide bonds. The van der Waals surface area contributed by atoms with Crippen molar-refractivity contribution in [3.63, 3.8) is 0 Å². The van der Waals surface area contributed by atoms with Gasteiger partial charge in [-0.05, 0) is 59.5 Å². The lowest BCUT2D eigenvalue weighted by atomic mass is 10.2. The van der Waals surface area contributed by atoms with Gasteiger partial charge in [-0.2, -0.15) is 4.39 Å². The maximum atomic E-state index is 13.3. The molecule has 0 radical (unpaired) electrons. The first-order valence-corrected chi connectivity index (χ1v) is 10.5. The summed E-state index contributed by atoms with van der Waals surface area (Å²) in [5.41, 5.74) is 2.19. The molecule has 0 bridgehead atoms. The molecule has 0 spiro atoms. The smallest absolute Gasteiger partial charge is 0.373 e. The zero-order valence-corrected chi connectivity index (χ0v) is 18.7. The number of ether oxygens (including phenoxy) is 1. The van der Waals surface area contributed by atoms with Gasteiger partial charge in [-0.25, -0.2) is 24.3 Å². The molecule has 0 unspecified atom stereocenters. The monoisotopic (exact) mass is 530 g/mol. The Hall–Kier alpha value is -2.25. The maximum absolute atomic E-state index is 13.3. The Bertz CT molecular complexity index is 1030. The van der Waals surface area contributed by atoms with Gasteiger partial charge in [0.15, 0.2) is 5.82 Å². The number of aromatic nitrogens is 4. The van der Waals surface area contributed by atoms with E-state index in [1.807, 2.05) is 41.8 Å². The third kappa shape index (κ3) is 4.67. The molecule has 0 atom stereocenters. The number of aryl methyl sites for hydroxylation is 1. The molecule has 3 rings (SSSR count). The minimum Gasteiger partial charge on any atom is -0.373 e. The number of hydrogen-bond donors (Lipinski definition) is 0. The van der Waals surface area contributed by atoms with Crippen molar-refractivity contribution in [2.75, 3.05) is 20.0 Å². The van der Waals surface area contributed by atoms with E-state index in [1.54, 1.807) is 16.9 Å². The number of pyridine rings is 2. The van der Waals surface area contributed by atoms with Crippen molar-refractivity contribution in [1.29, 1.82) is 0 Å². The van der Waals surface area contributed by atoms with Crippen LogP contribution in [0, 0.1) is 16.4 Å². The van der Waals surface area contributed by atoms with Crippen molar-refractivity contribution < 1.29 is 23.7 Å². The lowest BCUT2D eigenvalue weighted by molar-refractivity contribution is -0.219. The molecule has 0 fully saturated rings. The Morgan fingerprint density at radius 3 is 2.76 bits per heavy atom. The number of rotatable bonds is 7. The molecular weight excluding hydrogens is 514 g/mol. The van der Waals surface area contributed by atoms with Gasteiger partial charge in [-0.15, -0.1) is 16.9 Å². The lowest BCUT2D eigenvalue weighted by Gasteiger charge is -2.12. The van der Waals surface area contributed by atoms with E-state index < -0.39 is 11.9 Å². The molecule has 0 aliphatic carbocycles. The van der Waals surface area contributed by atoms with Crippen LogP contribution in [0.15, 0.2) is 35.5 Å². The van der Waals surface area contributed by atoms with Crippen LogP contribution in [0.5, 0.6) is 5.88 Å². The number of thioether (sulfide) groups is 1. The van der Waals surface area contributed by atoms with Gasteiger partial charge in [-0.1, -0.05) is 0 Å². The van der Waals surface area contributed by atoms with E-state index >= 15 is 0 Å². The second kappa shape index (κ2) is 9.50. The van der Waals surface area contributed by atoms with Crippen LogP contribution in [0.1, 0.15) is 5.56 Å². The minimum atomic E-state index is -0.707. The fourth-order valence-electron chi connectivity index (χ4n) is 2.51. The third-order valence-corrected chi connectivity index (χ3v) is 5.65. The summed E-state index contributed by atoms with van der Waals surface area (Å²) < 4.78 is 20.1. The first-order valence-electron chi connectivity index (χ1n) is 8.23. The zero-order chi connectivity index (χ0) is 21.0. The standard InChI is InChI=1S/C18H16FIN4O4S/c1-10-6-7-21-17(16(10)29-3)24-15(11-4-5-12(19)22-8-11)14(20)18(23-24)28-27-13(25)9-26-2/h4-8H,9H2,1-3H3. The van der Waals surface area contributed by atoms with Crippen LogP contribution in [-0.4, -0.2) is 45.7 Å². The number of halogens is 2. The zero-order valence-electron chi connectivity index (χ0n) is 15.7. The second-order valence-corrected chi connectivity index (χ2v) is 7.60. The Labute approximate surface area is 183 Å². The predicted octanol–water partition coefficient (Wildman–Crippen LogP) is 3.59. The van der Waals surface area contributed by atoms with Crippen molar-refractivity contribution in [3.8, 4) is 23.0 Å². The molecule has 0 N–H and O–H groups in total. The van der Waals surface area contributed by atoms with Crippen molar-refractivity contribution in [3.05, 3.63) is 45.7 Å². The molecule has 8 nitrogen and oxygen atoms in total. The van der Waals surface area contributed by atoms with Gasteiger partial charge in [0.05, 0.1) is 10.6 Å². The fourth-order valence-corrected chi connectivity index (χ4v) is 3.96. The van der Waals surface area contributed by atoms with Crippen LogP contribution < -0.4 is 4.89 Å². The molecule has 0 aliphatic rings. The van der Waals surface area contributed by atoms with Crippen LogP contribution in [0.2, 0.25) is 0 Å². The largest absolute Gasteiger partial charge is 0.380 e. The highest BCUT2D eigenvalue weighted by molar-refractivity contribution is 14.1. The van der Waals surface area contributed by atoms with Crippen molar-refractivity contribution >= 4 is 40.3 Å². The Balaban J connectivity index is 2.13. The van der Waals surface area contributed by atoms with Gasteiger partial charge < -0.3 is 4.74 Å². The Kier molecular flexibility index (Phi) is 7.03. The average Bonchev–Trinajstić information content (AvgIpc) is 3.03. The molecule has 11 heteroatoms. The summed E-state index contributed by atoms with van der Waals surface area (Å²) in [5, 5.41) is 4.43. The molecule has 29 heavy (non-hydrogen) atoms. The number of hydrogen-bond acceptors (Lipinski definition) is 8. The van der Waals surface area contributed by atoms with Gasteiger partial charge in [0, 0.05) is 25.1 Å². The van der Waals surface area contributed by atoms with Gasteiger partial charge in [0.1, 0.15) is 10.2 Å². The van der Waals surface area contributed by atoms with Crippen molar-refractivity contribution in [2.24, 2.45) is 0 Å². The lowest BCUT2D eigenvalue weighted by Crippen LogP contribution is -2.14. The first-order chi connectivity index (χ1) is 14.0. The summed E-state index contributed by atoms with van der Waals surface area (Å²) in [6.07, 6.45) is 5.00. The van der Waals surface area contributed by atoms with Crippen LogP contribution in [-0.2, 0) is 14.4 Å². The highest BCUT2D eigenvalue weighted by Crippen LogP contribution is 2.36. The van der Waals surface area contributed by atoms with E-state index in [-0.39, 0.29) is 12.5 Å². The highest BCUT2D eigenvalue weighted by atomic mass is 127. The second-order valence-electron chi connectivity index (χ2n) is 5.71. The van der Waals surface area contributed by atoms with E-state index in [9.17, 15) is 9.18 Å². The Morgan fingerprint density at radius 2 is 2.10 bits per heavy atom. The predicted molar refractivity (Wildman–Crippen MR) is 112 cm³/mol. The summed E-state index contributed by atoms with van der Waals surface area (Å²) in [4.78, 5) is 30.5. The molecule has 3 aromatic heterocycles. The van der Waals surface area contributed by atoms with Crippen LogP contribution in [0.25, 0.3) is 17.1 Å². The molecule has 0 saturated carbocycles. The van der Waals surface area contributed by atoms with Crippen LogP contribution >= 0.6 is 34.4 Å². The quantitative estimate of drug-likeness (QED) is 0.151. The fraction of sp³-hybridized carbons (Fsp3) is 0.222. The van der Waals surface area contributed by atoms with Gasteiger partial charge in [0.2, 0.25) is 5.95 Å². The van der Waals surface area contributed by atoms with E-state index in [4.69, 9.17) is 14.5 Å². The highest BCUT2D eigenvalue weighted by Gasteiger charge is 2.24. The van der Waals surface area contributed by atoms with Crippen LogP contribution in [0.4, 0.5) is 4.39 Å². The van der Waals surface area contributed by atoms with E-state index in [0.717, 1.165) is 10.5 Å². The summed E-state index contributed by atoms with van der Waals surface area (Å²) >= 11 is 3.53. The summed E-state index contributed by atoms with van der Waals surface area (Å²) in [6, 6.07) is 4.72. The molecule has 0 saturated heterocycles. The van der Waals surface area contributed by atoms with E-state index in [0.29, 0.717) is 20.6 Å². The maximum Gasteiger partial charge on any atom is 0.380 e. The normalized spacial score (nSPS) is 10.8. The number of nitrogens with zero attached hydrogens (tertiary/aromatic N) is 4. The van der Waals surface area contributed by atoms with Crippen molar-refractivity contribution in [2.45, 2.75) is 11.8 Å². The van der Waals surface area contributed by atoms with E-state index in [1.165, 1.54) is 31.1 Å². The van der Waals surface area contributed by atoms with Gasteiger partial charge >= 0.3 is 11.8 Å². The summed E-state index contributed by atoms with van der Waals surface area (Å²) in [6.45, 7) is 1.70. The van der Waals surface area contributed by atoms with Crippen LogP contribution in [0.3, 0.4) is 0 Å². The molecule has 3 heterocycles. The molecular formula is C18H16FIN4O4S. The molecule has 3 aromatic rings. The van der Waals surface area contributed by atoms with Gasteiger partial charge in [-0.3, -0.25) is 4.89 Å². The van der Waals surface area contributed by atoms with Crippen molar-refractivity contribution in [1.82, 2.24) is 19.7 Å². The first kappa shape index (κ1) is 21.5. The molecule has 152 valence electrons. The van der Waals surface area contributed by atoms with Gasteiger partial charge in [0.25, 0.3) is 0 Å². The number of carbonyl (C=O) groups excluding carboxylic acids is 1. The summed E-state index contributed by atoms with van der Waals surface area (Å²) in [5.74, 6) is -0.683. The number of methoxy groups -OCH3 is 1. The molecule has 0 aliphatic heterocycles. The average molecular weight is 530 g/mol. The molecule has 0 aromatic carbocycles.